The molecule has 2 aliphatic heterocycles. The summed E-state index contributed by atoms with van der Waals surface area (Å²) in [5.74, 6) is -0.131. The van der Waals surface area contributed by atoms with E-state index < -0.39 is 16.1 Å². The van der Waals surface area contributed by atoms with Gasteiger partial charge in [0.2, 0.25) is 15.9 Å². The molecule has 3 N–H and O–H groups in total. The number of hydrogen-bond donors (Lipinski definition) is 3. The molecular weight excluding hydrogens is 334 g/mol. The Morgan fingerprint density at radius 3 is 2.71 bits per heavy atom. The van der Waals surface area contributed by atoms with E-state index in [1.807, 2.05) is 0 Å². The molecule has 2 heterocycles. The second-order valence-corrected chi connectivity index (χ2v) is 8.81. The van der Waals surface area contributed by atoms with Gasteiger partial charge in [0.15, 0.2) is 0 Å². The van der Waals surface area contributed by atoms with Crippen LogP contribution in [0.4, 0.5) is 10.5 Å². The number of carbonyl (C=O) groups is 2. The van der Waals surface area contributed by atoms with Gasteiger partial charge in [-0.3, -0.25) is 4.79 Å². The number of anilines is 1. The first-order valence-corrected chi connectivity index (χ1v) is 9.14. The van der Waals surface area contributed by atoms with Crippen LogP contribution < -0.4 is 10.6 Å². The van der Waals surface area contributed by atoms with Gasteiger partial charge in [-0.05, 0) is 30.5 Å². The van der Waals surface area contributed by atoms with E-state index in [1.54, 1.807) is 6.07 Å². The van der Waals surface area contributed by atoms with Crippen LogP contribution in [-0.2, 0) is 21.2 Å². The first kappa shape index (κ1) is 15.4. The molecule has 128 valence electrons. The number of sulfonamides is 1. The Balaban J connectivity index is 1.44. The molecule has 0 bridgehead atoms. The fourth-order valence-electron chi connectivity index (χ4n) is 3.90. The number of carbonyl (C=O) groups excluding carboxylic acids is 1. The highest BCUT2D eigenvalue weighted by atomic mass is 32.2. The van der Waals surface area contributed by atoms with Gasteiger partial charge in [-0.2, -0.15) is 4.31 Å². The van der Waals surface area contributed by atoms with Gasteiger partial charge in [0.05, 0.1) is 11.3 Å². The fraction of sp³-hybridized carbons (Fsp3) is 0.467. The van der Waals surface area contributed by atoms with E-state index in [1.165, 1.54) is 16.4 Å². The average molecular weight is 351 g/mol. The van der Waals surface area contributed by atoms with Crippen LogP contribution in [0, 0.1) is 5.41 Å². The number of hydrogen-bond acceptors (Lipinski definition) is 4. The molecule has 24 heavy (non-hydrogen) atoms. The Morgan fingerprint density at radius 1 is 1.33 bits per heavy atom. The van der Waals surface area contributed by atoms with Crippen LogP contribution in [0.5, 0.6) is 0 Å². The second-order valence-electron chi connectivity index (χ2n) is 6.87. The molecule has 9 heteroatoms. The minimum absolute atomic E-state index is 0.0810. The van der Waals surface area contributed by atoms with Gasteiger partial charge < -0.3 is 15.7 Å². The highest BCUT2D eigenvalue weighted by molar-refractivity contribution is 7.89. The standard InChI is InChI=1S/C15H17N3O5S/c19-13-3-9-1-2-11(4-12(9)17-13)24(22,23)18-7-15(8-18)5-10(6-15)16-14(20)21/h1-2,4,10,16H,3,5-8H2,(H,17,19)(H,20,21). The minimum Gasteiger partial charge on any atom is -0.465 e. The highest BCUT2D eigenvalue weighted by Crippen LogP contribution is 2.50. The molecule has 1 aromatic rings. The van der Waals surface area contributed by atoms with Crippen LogP contribution in [0.1, 0.15) is 18.4 Å². The molecule has 0 atom stereocenters. The van der Waals surface area contributed by atoms with Crippen LogP contribution in [0.2, 0.25) is 0 Å². The molecule has 8 nitrogen and oxygen atoms in total. The van der Waals surface area contributed by atoms with E-state index in [9.17, 15) is 18.0 Å². The van der Waals surface area contributed by atoms with E-state index in [2.05, 4.69) is 10.6 Å². The van der Waals surface area contributed by atoms with Gasteiger partial charge in [0.25, 0.3) is 0 Å². The molecule has 2 amide bonds. The van der Waals surface area contributed by atoms with Crippen LogP contribution >= 0.6 is 0 Å². The zero-order valence-electron chi connectivity index (χ0n) is 12.8. The van der Waals surface area contributed by atoms with Crippen molar-refractivity contribution < 1.29 is 23.1 Å². The number of nitrogens with one attached hydrogen (secondary N) is 2. The summed E-state index contributed by atoms with van der Waals surface area (Å²) in [7, 11) is -3.58. The minimum atomic E-state index is -3.58. The summed E-state index contributed by atoms with van der Waals surface area (Å²) >= 11 is 0. The summed E-state index contributed by atoms with van der Waals surface area (Å²) in [5, 5.41) is 13.8. The van der Waals surface area contributed by atoms with Gasteiger partial charge in [0.1, 0.15) is 0 Å². The smallest absolute Gasteiger partial charge is 0.404 e. The normalized spacial score (nSPS) is 22.4. The summed E-state index contributed by atoms with van der Waals surface area (Å²) in [4.78, 5) is 22.2. The number of carboxylic acid groups (broad SMARTS) is 1. The molecule has 1 spiro atoms. The Morgan fingerprint density at radius 2 is 2.04 bits per heavy atom. The number of rotatable bonds is 3. The van der Waals surface area contributed by atoms with E-state index in [0.717, 1.165) is 5.56 Å². The van der Waals surface area contributed by atoms with Crippen molar-refractivity contribution >= 4 is 27.7 Å². The van der Waals surface area contributed by atoms with Gasteiger partial charge in [0, 0.05) is 30.2 Å². The van der Waals surface area contributed by atoms with Crippen LogP contribution in [0.25, 0.3) is 0 Å². The Bertz CT molecular complexity index is 837. The summed E-state index contributed by atoms with van der Waals surface area (Å²) in [5.41, 5.74) is 1.27. The average Bonchev–Trinajstić information content (AvgIpc) is 2.78. The molecule has 0 aromatic heterocycles. The molecule has 4 rings (SSSR count). The first-order valence-electron chi connectivity index (χ1n) is 7.70. The molecule has 1 saturated carbocycles. The molecule has 0 radical (unpaired) electrons. The summed E-state index contributed by atoms with van der Waals surface area (Å²) in [6.07, 6.45) is 0.580. The largest absolute Gasteiger partial charge is 0.465 e. The lowest BCUT2D eigenvalue weighted by Gasteiger charge is -2.58. The van der Waals surface area contributed by atoms with Crippen molar-refractivity contribution in [2.24, 2.45) is 5.41 Å². The lowest BCUT2D eigenvalue weighted by atomic mass is 9.61. The fourth-order valence-corrected chi connectivity index (χ4v) is 5.59. The second kappa shape index (κ2) is 4.93. The zero-order valence-corrected chi connectivity index (χ0v) is 13.6. The van der Waals surface area contributed by atoms with Crippen molar-refractivity contribution in [2.45, 2.75) is 30.2 Å². The van der Waals surface area contributed by atoms with Crippen molar-refractivity contribution in [1.29, 1.82) is 0 Å². The molecule has 1 aliphatic carbocycles. The molecular formula is C15H17N3O5S. The summed E-state index contributed by atoms with van der Waals surface area (Å²) in [6, 6.07) is 4.64. The van der Waals surface area contributed by atoms with Gasteiger partial charge >= 0.3 is 6.09 Å². The highest BCUT2D eigenvalue weighted by Gasteiger charge is 2.56. The Kier molecular flexibility index (Phi) is 3.17. The summed E-state index contributed by atoms with van der Waals surface area (Å²) < 4.78 is 26.8. The SMILES string of the molecule is O=C(O)NC1CC2(C1)CN(S(=O)(=O)c1ccc3c(c1)NC(=O)C3)C2. The lowest BCUT2D eigenvalue weighted by molar-refractivity contribution is -0.115. The quantitative estimate of drug-likeness (QED) is 0.737. The maximum atomic E-state index is 12.7. The predicted molar refractivity (Wildman–Crippen MR) is 84.2 cm³/mol. The predicted octanol–water partition coefficient (Wildman–Crippen LogP) is 0.602. The first-order chi connectivity index (χ1) is 11.3. The van der Waals surface area contributed by atoms with E-state index in [0.29, 0.717) is 31.6 Å². The lowest BCUT2D eigenvalue weighted by Crippen LogP contribution is -2.67. The van der Waals surface area contributed by atoms with Crippen LogP contribution in [0.3, 0.4) is 0 Å². The van der Waals surface area contributed by atoms with E-state index in [-0.39, 0.29) is 28.7 Å². The van der Waals surface area contributed by atoms with Crippen molar-refractivity contribution in [2.75, 3.05) is 18.4 Å². The Hall–Kier alpha value is -2.13. The maximum Gasteiger partial charge on any atom is 0.404 e. The van der Waals surface area contributed by atoms with Crippen molar-refractivity contribution in [3.8, 4) is 0 Å². The molecule has 3 aliphatic rings. The third kappa shape index (κ3) is 2.35. The van der Waals surface area contributed by atoms with Crippen LogP contribution in [-0.4, -0.2) is 49.0 Å². The van der Waals surface area contributed by atoms with Crippen molar-refractivity contribution in [3.63, 3.8) is 0 Å². The number of benzene rings is 1. The Labute approximate surface area is 138 Å². The monoisotopic (exact) mass is 351 g/mol. The molecule has 1 saturated heterocycles. The zero-order chi connectivity index (χ0) is 17.1. The van der Waals surface area contributed by atoms with E-state index in [4.69, 9.17) is 5.11 Å². The van der Waals surface area contributed by atoms with E-state index >= 15 is 0 Å². The number of amides is 2. The third-order valence-electron chi connectivity index (χ3n) is 5.05. The molecule has 2 fully saturated rings. The van der Waals surface area contributed by atoms with Gasteiger partial charge in [-0.25, -0.2) is 13.2 Å². The van der Waals surface area contributed by atoms with Gasteiger partial charge in [-0.1, -0.05) is 6.07 Å². The number of fused-ring (bicyclic) bond motifs is 1. The maximum absolute atomic E-state index is 12.7. The summed E-state index contributed by atoms with van der Waals surface area (Å²) in [6.45, 7) is 0.827. The third-order valence-corrected chi connectivity index (χ3v) is 6.84. The molecule has 0 unspecified atom stereocenters. The van der Waals surface area contributed by atoms with Crippen molar-refractivity contribution in [3.05, 3.63) is 23.8 Å². The topological polar surface area (TPSA) is 116 Å². The van der Waals surface area contributed by atoms with Crippen LogP contribution in [0.15, 0.2) is 23.1 Å². The molecule has 1 aromatic carbocycles. The number of nitrogens with zero attached hydrogens (tertiary/aromatic N) is 1. The van der Waals surface area contributed by atoms with Crippen molar-refractivity contribution in [1.82, 2.24) is 9.62 Å². The van der Waals surface area contributed by atoms with Gasteiger partial charge in [-0.15, -0.1) is 0 Å².